The van der Waals surface area contributed by atoms with Crippen LogP contribution in [0.1, 0.15) is 36.6 Å². The molecule has 2 aliphatic rings. The molecule has 0 radical (unpaired) electrons. The van der Waals surface area contributed by atoms with Crippen LogP contribution in [0.5, 0.6) is 5.75 Å². The van der Waals surface area contributed by atoms with E-state index in [2.05, 4.69) is 20.9 Å². The first-order valence-electron chi connectivity index (χ1n) is 13.5. The Bertz CT molecular complexity index is 2030. The highest BCUT2D eigenvalue weighted by Gasteiger charge is 2.37. The van der Waals surface area contributed by atoms with Crippen LogP contribution in [0.3, 0.4) is 0 Å². The molecule has 0 spiro atoms. The molecule has 3 heterocycles. The summed E-state index contributed by atoms with van der Waals surface area (Å²) in [4.78, 5) is 48.4. The number of allylic oxidation sites excluding steroid dienone is 1. The Hall–Kier alpha value is -3.99. The van der Waals surface area contributed by atoms with Crippen molar-refractivity contribution in [3.05, 3.63) is 124 Å². The quantitative estimate of drug-likeness (QED) is 0.264. The molecule has 0 saturated heterocycles. The van der Waals surface area contributed by atoms with Gasteiger partial charge in [-0.2, -0.15) is 0 Å². The zero-order chi connectivity index (χ0) is 30.4. The van der Waals surface area contributed by atoms with Gasteiger partial charge in [0, 0.05) is 10.6 Å². The maximum Gasteiger partial charge on any atom is 0.338 e. The van der Waals surface area contributed by atoms with Crippen LogP contribution in [-0.4, -0.2) is 30.2 Å². The molecule has 1 amide bonds. The van der Waals surface area contributed by atoms with E-state index in [0.29, 0.717) is 48.1 Å². The van der Waals surface area contributed by atoms with Crippen molar-refractivity contribution in [3.63, 3.8) is 0 Å². The number of esters is 1. The molecule has 2 aliphatic heterocycles. The van der Waals surface area contributed by atoms with Crippen LogP contribution < -0.4 is 24.5 Å². The molecule has 6 rings (SSSR count). The molecule has 0 bridgehead atoms. The number of amides is 1. The minimum absolute atomic E-state index is 0.162. The molecule has 218 valence electrons. The molecule has 8 nitrogen and oxygen atoms in total. The summed E-state index contributed by atoms with van der Waals surface area (Å²) in [6.45, 7) is 3.85. The second kappa shape index (κ2) is 11.6. The number of aromatic nitrogens is 1. The molecule has 0 fully saturated rings. The molecular weight excluding hydrogens is 654 g/mol. The van der Waals surface area contributed by atoms with Crippen molar-refractivity contribution in [1.82, 2.24) is 4.57 Å². The zero-order valence-electron chi connectivity index (χ0n) is 23.4. The summed E-state index contributed by atoms with van der Waals surface area (Å²) in [5, 5.41) is 0.549. The average molecular weight is 679 g/mol. The van der Waals surface area contributed by atoms with Crippen LogP contribution in [0.2, 0.25) is 5.02 Å². The summed E-state index contributed by atoms with van der Waals surface area (Å²) in [7, 11) is 1.56. The van der Waals surface area contributed by atoms with E-state index < -0.39 is 17.6 Å². The number of rotatable bonds is 6. The van der Waals surface area contributed by atoms with Gasteiger partial charge in [-0.05, 0) is 65.2 Å². The zero-order valence-corrected chi connectivity index (χ0v) is 26.5. The van der Waals surface area contributed by atoms with Gasteiger partial charge in [0.05, 0.1) is 53.3 Å². The predicted molar refractivity (Wildman–Crippen MR) is 169 cm³/mol. The van der Waals surface area contributed by atoms with Crippen molar-refractivity contribution in [3.8, 4) is 5.75 Å². The third kappa shape index (κ3) is 4.93. The molecule has 1 atom stereocenters. The summed E-state index contributed by atoms with van der Waals surface area (Å²) < 4.78 is 13.2. The molecule has 3 aromatic carbocycles. The number of ether oxygens (including phenoxy) is 2. The highest BCUT2D eigenvalue weighted by atomic mass is 79.9. The van der Waals surface area contributed by atoms with Crippen molar-refractivity contribution in [1.29, 1.82) is 0 Å². The summed E-state index contributed by atoms with van der Waals surface area (Å²) in [5.41, 5.74) is 3.33. The molecule has 4 aromatic rings. The number of thiazole rings is 1. The number of methoxy groups -OCH3 is 1. The third-order valence-electron chi connectivity index (χ3n) is 7.42. The van der Waals surface area contributed by atoms with Crippen LogP contribution in [0.25, 0.3) is 5.57 Å². The Balaban J connectivity index is 1.58. The highest BCUT2D eigenvalue weighted by molar-refractivity contribution is 9.10. The van der Waals surface area contributed by atoms with Crippen LogP contribution >= 0.6 is 38.9 Å². The van der Waals surface area contributed by atoms with Crippen molar-refractivity contribution < 1.29 is 19.1 Å². The van der Waals surface area contributed by atoms with E-state index >= 15 is 0 Å². The van der Waals surface area contributed by atoms with Gasteiger partial charge in [0.2, 0.25) is 0 Å². The van der Waals surface area contributed by atoms with Crippen LogP contribution in [0, 0.1) is 0 Å². The number of nitrogens with zero attached hydrogens (tertiary/aromatic N) is 3. The summed E-state index contributed by atoms with van der Waals surface area (Å²) in [5.74, 6) is -0.271. The number of hydrogen-bond acceptors (Lipinski definition) is 7. The van der Waals surface area contributed by atoms with E-state index in [9.17, 15) is 14.4 Å². The summed E-state index contributed by atoms with van der Waals surface area (Å²) in [6, 6.07) is 19.3. The maximum absolute atomic E-state index is 14.4. The molecule has 1 aromatic heterocycles. The standard InChI is InChI=1S/C32H25BrClN3O5S/c1-4-42-31(40)25-17(2)35-32-37(27(25)18-13-14-24(41-3)21(33)15-18)30(39)28(43-32)26-20-10-6-8-12-23(20)36(29(26)38)16-19-9-5-7-11-22(19)34/h5-15,27H,4,16H2,1-3H3/b28-26+/t27-/m0/s1. The first kappa shape index (κ1) is 29.1. The molecule has 0 saturated carbocycles. The van der Waals surface area contributed by atoms with Gasteiger partial charge < -0.3 is 14.4 Å². The largest absolute Gasteiger partial charge is 0.496 e. The normalized spacial score (nSPS) is 17.0. The van der Waals surface area contributed by atoms with Gasteiger partial charge in [0.1, 0.15) is 10.3 Å². The van der Waals surface area contributed by atoms with Crippen LogP contribution in [-0.2, 0) is 20.9 Å². The number of anilines is 1. The molecule has 43 heavy (non-hydrogen) atoms. The summed E-state index contributed by atoms with van der Waals surface area (Å²) in [6.07, 6.45) is 0. The lowest BCUT2D eigenvalue weighted by Gasteiger charge is -2.25. The molecule has 11 heteroatoms. The number of para-hydroxylation sites is 1. The lowest BCUT2D eigenvalue weighted by Crippen LogP contribution is -2.41. The van der Waals surface area contributed by atoms with E-state index in [4.69, 9.17) is 21.1 Å². The van der Waals surface area contributed by atoms with Gasteiger partial charge in [-0.1, -0.05) is 65.4 Å². The Morgan fingerprint density at radius 3 is 2.56 bits per heavy atom. The van der Waals surface area contributed by atoms with Gasteiger partial charge in [-0.25, -0.2) is 9.79 Å². The van der Waals surface area contributed by atoms with Crippen LogP contribution in [0.15, 0.2) is 92.3 Å². The van der Waals surface area contributed by atoms with Gasteiger partial charge in [-0.3, -0.25) is 14.2 Å². The second-order valence-electron chi connectivity index (χ2n) is 9.89. The van der Waals surface area contributed by atoms with Crippen molar-refractivity contribution in [2.75, 3.05) is 18.6 Å². The smallest absolute Gasteiger partial charge is 0.338 e. The summed E-state index contributed by atoms with van der Waals surface area (Å²) >= 11 is 11.1. The number of halogens is 2. The lowest BCUT2D eigenvalue weighted by atomic mass is 9.96. The minimum atomic E-state index is -0.835. The van der Waals surface area contributed by atoms with E-state index in [-0.39, 0.29) is 29.2 Å². The first-order chi connectivity index (χ1) is 20.7. The van der Waals surface area contributed by atoms with Crippen molar-refractivity contribution in [2.24, 2.45) is 4.99 Å². The van der Waals surface area contributed by atoms with E-state index in [1.165, 1.54) is 4.57 Å². The molecule has 0 unspecified atom stereocenters. The number of fused-ring (bicyclic) bond motifs is 2. The number of benzene rings is 3. The number of carbonyl (C=O) groups excluding carboxylic acids is 2. The van der Waals surface area contributed by atoms with Gasteiger partial charge in [0.25, 0.3) is 11.5 Å². The molecular formula is C32H25BrClN3O5S. The van der Waals surface area contributed by atoms with Gasteiger partial charge >= 0.3 is 5.97 Å². The Labute approximate surface area is 264 Å². The monoisotopic (exact) mass is 677 g/mol. The van der Waals surface area contributed by atoms with Gasteiger partial charge in [-0.15, -0.1) is 0 Å². The van der Waals surface area contributed by atoms with E-state index in [0.717, 1.165) is 16.9 Å². The average Bonchev–Trinajstić information content (AvgIpc) is 3.45. The van der Waals surface area contributed by atoms with E-state index in [1.54, 1.807) is 44.1 Å². The topological polar surface area (TPSA) is 90.2 Å². The molecule has 0 aliphatic carbocycles. The second-order valence-corrected chi connectivity index (χ2v) is 12.1. The number of carbonyl (C=O) groups is 2. The number of hydrogen-bond donors (Lipinski definition) is 0. The SMILES string of the molecule is CCOC(=O)C1=C(C)N=c2s/c(=C3/C(=O)N(Cc4ccccc4Cl)c4ccccc43)c(=O)n2[C@H]1c1ccc(OC)c(Br)c1. The Kier molecular flexibility index (Phi) is 7.85. The van der Waals surface area contributed by atoms with Crippen molar-refractivity contribution >= 4 is 62.0 Å². The van der Waals surface area contributed by atoms with Crippen molar-refractivity contribution in [2.45, 2.75) is 26.4 Å². The highest BCUT2D eigenvalue weighted by Crippen LogP contribution is 2.38. The fraction of sp³-hybridized carbons (Fsp3) is 0.188. The Morgan fingerprint density at radius 1 is 1.09 bits per heavy atom. The lowest BCUT2D eigenvalue weighted by molar-refractivity contribution is -0.139. The van der Waals surface area contributed by atoms with E-state index in [1.807, 2.05) is 48.5 Å². The third-order valence-corrected chi connectivity index (χ3v) is 9.46. The first-order valence-corrected chi connectivity index (χ1v) is 15.4. The fourth-order valence-electron chi connectivity index (χ4n) is 5.46. The molecule has 0 N–H and O–H groups in total. The maximum atomic E-state index is 14.4. The van der Waals surface area contributed by atoms with Gasteiger partial charge in [0.15, 0.2) is 4.80 Å². The Morgan fingerprint density at radius 2 is 1.84 bits per heavy atom. The minimum Gasteiger partial charge on any atom is -0.496 e. The van der Waals surface area contributed by atoms with Crippen LogP contribution in [0.4, 0.5) is 5.69 Å². The predicted octanol–water partition coefficient (Wildman–Crippen LogP) is 5.14. The fourth-order valence-corrected chi connectivity index (χ4v) is 7.35.